The molecule has 3 heterocycles. The fourth-order valence-corrected chi connectivity index (χ4v) is 8.62. The van der Waals surface area contributed by atoms with Crippen molar-refractivity contribution < 1.29 is 89.1 Å². The van der Waals surface area contributed by atoms with Crippen LogP contribution in [0.4, 0.5) is 4.79 Å². The van der Waals surface area contributed by atoms with Crippen LogP contribution in [0.2, 0.25) is 0 Å². The quantitative estimate of drug-likeness (QED) is 0.157. The first-order valence-electron chi connectivity index (χ1n) is 24.6. The van der Waals surface area contributed by atoms with E-state index in [-0.39, 0.29) is 44.7 Å². The molecule has 3 rings (SSSR count). The highest BCUT2D eigenvalue weighted by Crippen LogP contribution is 2.38. The molecule has 3 aliphatic rings. The van der Waals surface area contributed by atoms with E-state index in [1.54, 1.807) is 86.8 Å². The third-order valence-electron chi connectivity index (χ3n) is 12.9. The number of carbonyl (C=O) groups is 3. The highest BCUT2D eigenvalue weighted by molar-refractivity contribution is 5.74. The molecule has 21 heteroatoms. The molecule has 408 valence electrons. The molecular formula is C51H81N3O18. The molecule has 0 aliphatic carbocycles. The lowest BCUT2D eigenvalue weighted by atomic mass is 9.82. The van der Waals surface area contributed by atoms with Crippen LogP contribution in [0.1, 0.15) is 79.1 Å². The minimum Gasteiger partial charge on any atom is -0.469 e. The Kier molecular flexibility index (Phi) is 27.2. The molecular weight excluding hydrogens is 943 g/mol. The molecule has 3 aliphatic heterocycles. The lowest BCUT2D eigenvalue weighted by molar-refractivity contribution is -0.309. The number of nitrogens with one attached hydrogen (secondary N) is 2. The van der Waals surface area contributed by atoms with E-state index in [0.717, 1.165) is 7.11 Å². The van der Waals surface area contributed by atoms with Gasteiger partial charge in [-0.3, -0.25) is 9.59 Å². The molecule has 0 aromatic carbocycles. The third kappa shape index (κ3) is 21.0. The van der Waals surface area contributed by atoms with Crippen molar-refractivity contribution in [1.29, 1.82) is 0 Å². The van der Waals surface area contributed by atoms with Crippen molar-refractivity contribution in [2.24, 2.45) is 23.5 Å². The molecule has 0 spiro atoms. The molecule has 19 atom stereocenters. The molecule has 0 aromatic heterocycles. The Hall–Kier alpha value is -4.17. The Morgan fingerprint density at radius 3 is 1.90 bits per heavy atom. The van der Waals surface area contributed by atoms with Crippen LogP contribution >= 0.6 is 0 Å². The van der Waals surface area contributed by atoms with Gasteiger partial charge in [0.25, 0.3) is 0 Å². The van der Waals surface area contributed by atoms with E-state index in [9.17, 15) is 65.4 Å². The Bertz CT molecular complexity index is 1860. The summed E-state index contributed by atoms with van der Waals surface area (Å²) in [6.07, 6.45) is 2.99. The third-order valence-corrected chi connectivity index (χ3v) is 12.9. The van der Waals surface area contributed by atoms with E-state index in [1.165, 1.54) is 13.0 Å². The maximum Gasteiger partial charge on any atom is 0.315 e. The number of allylic oxidation sites excluding steroid dienone is 12. The minimum absolute atomic E-state index is 0.113. The van der Waals surface area contributed by atoms with Crippen molar-refractivity contribution in [3.8, 4) is 0 Å². The number of urea groups is 1. The summed E-state index contributed by atoms with van der Waals surface area (Å²) in [5, 5.41) is 115. The second-order valence-corrected chi connectivity index (χ2v) is 18.9. The zero-order valence-electron chi connectivity index (χ0n) is 41.9. The molecule has 2 amide bonds. The zero-order chi connectivity index (χ0) is 53.5. The fraction of sp³-hybridized carbons (Fsp3) is 0.667. The van der Waals surface area contributed by atoms with Crippen LogP contribution in [0.5, 0.6) is 0 Å². The van der Waals surface area contributed by atoms with Gasteiger partial charge in [0, 0.05) is 50.6 Å². The molecule has 0 radical (unpaired) electrons. The molecule has 0 aromatic rings. The summed E-state index contributed by atoms with van der Waals surface area (Å²) in [7, 11) is 1.10. The SMILES string of the molecule is COC(=O)[C@H]1[C@@H]2C[C@@H](O[C@@H]3O[C@H](C)[C@@H](O)[C@H](NC(=O)NCCN)[C@@H]3O)C=CC=CC=CC=CC=CC=CC=C[C@H](C)[C@@H](O)[C@@H](C)[C@H](C)OC(=O)C[C@H](O)C[C@H](O)CC[C@@H](O)[C@H](O)C[C@H](O)C[C@](O)(C[C@@H]1O)O2. The number of amides is 2. The predicted molar refractivity (Wildman–Crippen MR) is 263 cm³/mol. The Balaban J connectivity index is 1.93. The molecule has 14 N–H and O–H groups in total. The fourth-order valence-electron chi connectivity index (χ4n) is 8.62. The number of hydrogen-bond donors (Lipinski definition) is 13. The lowest BCUT2D eigenvalue weighted by Crippen LogP contribution is -2.65. The number of hydrogen-bond acceptors (Lipinski definition) is 19. The number of fused-ring (bicyclic) bond motifs is 2. The maximum atomic E-state index is 13.2. The van der Waals surface area contributed by atoms with E-state index in [1.807, 2.05) is 13.0 Å². The topological polar surface area (TPSA) is 350 Å². The smallest absolute Gasteiger partial charge is 0.315 e. The minimum atomic E-state index is -2.32. The second kappa shape index (κ2) is 31.5. The van der Waals surface area contributed by atoms with Crippen LogP contribution in [0, 0.1) is 17.8 Å². The summed E-state index contributed by atoms with van der Waals surface area (Å²) < 4.78 is 28.7. The van der Waals surface area contributed by atoms with Crippen molar-refractivity contribution in [3.63, 3.8) is 0 Å². The lowest BCUT2D eigenvalue weighted by Gasteiger charge is -2.45. The molecule has 0 saturated carbocycles. The van der Waals surface area contributed by atoms with Crippen molar-refractivity contribution in [1.82, 2.24) is 10.6 Å². The number of nitrogens with two attached hydrogens (primary N) is 1. The van der Waals surface area contributed by atoms with E-state index in [0.29, 0.717) is 0 Å². The molecule has 21 nitrogen and oxygen atoms in total. The van der Waals surface area contributed by atoms with Crippen LogP contribution in [-0.4, -0.2) is 187 Å². The second-order valence-electron chi connectivity index (χ2n) is 18.9. The largest absolute Gasteiger partial charge is 0.469 e. The van der Waals surface area contributed by atoms with Gasteiger partial charge in [-0.2, -0.15) is 0 Å². The highest BCUT2D eigenvalue weighted by atomic mass is 16.7. The maximum absolute atomic E-state index is 13.2. The van der Waals surface area contributed by atoms with Crippen molar-refractivity contribution in [2.75, 3.05) is 20.2 Å². The van der Waals surface area contributed by atoms with Gasteiger partial charge in [-0.25, -0.2) is 4.79 Å². The first-order valence-corrected chi connectivity index (χ1v) is 24.6. The van der Waals surface area contributed by atoms with Gasteiger partial charge in [0.05, 0.1) is 80.6 Å². The zero-order valence-corrected chi connectivity index (χ0v) is 41.9. The normalized spacial score (nSPS) is 38.9. The summed E-state index contributed by atoms with van der Waals surface area (Å²) in [6, 6.07) is -2.00. The van der Waals surface area contributed by atoms with E-state index in [2.05, 4.69) is 10.6 Å². The number of ether oxygens (including phenoxy) is 5. The number of aliphatic hydroxyl groups excluding tert-OH is 9. The number of esters is 2. The van der Waals surface area contributed by atoms with Crippen LogP contribution in [0.3, 0.4) is 0 Å². The van der Waals surface area contributed by atoms with Crippen molar-refractivity contribution >= 4 is 18.0 Å². The Morgan fingerprint density at radius 1 is 0.708 bits per heavy atom. The summed E-state index contributed by atoms with van der Waals surface area (Å²) in [6.45, 7) is 6.96. The van der Waals surface area contributed by atoms with Gasteiger partial charge in [0.15, 0.2) is 12.1 Å². The molecule has 2 saturated heterocycles. The molecule has 72 heavy (non-hydrogen) atoms. The molecule has 2 fully saturated rings. The van der Waals surface area contributed by atoms with Gasteiger partial charge in [0.1, 0.15) is 24.2 Å². The van der Waals surface area contributed by atoms with Gasteiger partial charge in [-0.1, -0.05) is 98.9 Å². The summed E-state index contributed by atoms with van der Waals surface area (Å²) in [5.41, 5.74) is 5.49. The number of rotatable bonds is 6. The van der Waals surface area contributed by atoms with Crippen molar-refractivity contribution in [3.05, 3.63) is 85.1 Å². The monoisotopic (exact) mass is 1020 g/mol. The van der Waals surface area contributed by atoms with Gasteiger partial charge < -0.3 is 91.1 Å². The number of cyclic esters (lactones) is 1. The molecule has 0 unspecified atom stereocenters. The summed E-state index contributed by atoms with van der Waals surface area (Å²) in [5.74, 6) is -6.12. The van der Waals surface area contributed by atoms with Gasteiger partial charge >= 0.3 is 18.0 Å². The van der Waals surface area contributed by atoms with E-state index >= 15 is 0 Å². The average Bonchev–Trinajstić information content (AvgIpc) is 3.31. The van der Waals surface area contributed by atoms with Crippen LogP contribution in [0.25, 0.3) is 0 Å². The van der Waals surface area contributed by atoms with Gasteiger partial charge in [-0.05, 0) is 33.1 Å². The number of carbonyl (C=O) groups excluding carboxylic acids is 3. The summed E-state index contributed by atoms with van der Waals surface area (Å²) >= 11 is 0. The van der Waals surface area contributed by atoms with Gasteiger partial charge in [-0.15, -0.1) is 0 Å². The first-order chi connectivity index (χ1) is 34.1. The van der Waals surface area contributed by atoms with Crippen LogP contribution < -0.4 is 16.4 Å². The van der Waals surface area contributed by atoms with E-state index < -0.39 is 153 Å². The summed E-state index contributed by atoms with van der Waals surface area (Å²) in [4.78, 5) is 38.4. The number of methoxy groups -OCH3 is 1. The highest BCUT2D eigenvalue weighted by Gasteiger charge is 2.51. The number of aliphatic hydroxyl groups is 10. The Morgan fingerprint density at radius 2 is 1.31 bits per heavy atom. The average molecular weight is 1020 g/mol. The predicted octanol–water partition coefficient (Wildman–Crippen LogP) is 0.0993. The van der Waals surface area contributed by atoms with Gasteiger partial charge in [0.2, 0.25) is 0 Å². The Labute approximate surface area is 422 Å². The van der Waals surface area contributed by atoms with Crippen LogP contribution in [-0.2, 0) is 33.3 Å². The van der Waals surface area contributed by atoms with E-state index in [4.69, 9.17) is 29.4 Å². The molecule has 2 bridgehead atoms. The van der Waals surface area contributed by atoms with Crippen LogP contribution in [0.15, 0.2) is 85.1 Å². The standard InChI is InChI=1S/C51H81N3O18/c1-30-18-16-14-12-10-8-6-7-9-11-13-15-17-19-37(71-49-47(64)44(46(63)33(4)70-49)54-50(66)53-23-22-52)27-41-43(48(65)68-5)40(60)29-51(67,72-41)28-36(57)25-39(59)38(58)21-20-34(55)24-35(56)26-42(61)69-32(3)31(2)45(30)62/h6-19,30-41,43-47,49,55-60,62-64,67H,20-29,52H2,1-5H3,(H2,53,54,66)/t30-,31-,32-,33+,34+,35+,36-,37-,38+,39+,40-,41-,43+,44-,45+,46+,47-,49-,51+/m0/s1. The first kappa shape index (κ1) is 62.1. The van der Waals surface area contributed by atoms with Crippen molar-refractivity contribution in [2.45, 2.75) is 177 Å².